The standard InChI is InChI=1S/C32H26N2O8/c1-17(35)42-26-15-8-20(16-25(26)34(38)39)33-31(36)29-23-13-14-24(30(29)32(33)37)28(23)27(18-4-9-21(40-2)10-5-18)19-6-11-22(41-3)12-7-19/h4-16,23-24,29-30H,1-3H3/t23-,24-,29-,30+/m1/s1. The fraction of sp³-hybridized carbons (Fsp3) is 0.219. The molecule has 3 aromatic carbocycles. The van der Waals surface area contributed by atoms with E-state index in [9.17, 15) is 24.5 Å². The highest BCUT2D eigenvalue weighted by atomic mass is 16.6. The van der Waals surface area contributed by atoms with Gasteiger partial charge in [0.1, 0.15) is 11.5 Å². The summed E-state index contributed by atoms with van der Waals surface area (Å²) in [5, 5.41) is 11.7. The SMILES string of the molecule is COc1ccc(C(=C2[C@H]3C=C[C@H]2[C@H]2C(=O)N(c4ccc(OC(C)=O)c([N+](=O)[O-])c4)C(=O)[C@H]23)c2ccc(OC)cc2)cc1. The third kappa shape index (κ3) is 4.23. The lowest BCUT2D eigenvalue weighted by molar-refractivity contribution is -0.385. The van der Waals surface area contributed by atoms with Gasteiger partial charge in [0.25, 0.3) is 0 Å². The van der Waals surface area contributed by atoms with E-state index >= 15 is 0 Å². The van der Waals surface area contributed by atoms with Crippen LogP contribution in [-0.2, 0) is 14.4 Å². The second-order valence-corrected chi connectivity index (χ2v) is 10.3. The van der Waals surface area contributed by atoms with Crippen LogP contribution in [0.2, 0.25) is 0 Å². The molecule has 6 rings (SSSR count). The molecule has 42 heavy (non-hydrogen) atoms. The van der Waals surface area contributed by atoms with Crippen LogP contribution >= 0.6 is 0 Å². The minimum absolute atomic E-state index is 0.0671. The summed E-state index contributed by atoms with van der Waals surface area (Å²) in [4.78, 5) is 51.2. The predicted octanol–water partition coefficient (Wildman–Crippen LogP) is 4.96. The van der Waals surface area contributed by atoms with Crippen molar-refractivity contribution in [3.05, 3.63) is 106 Å². The van der Waals surface area contributed by atoms with Gasteiger partial charge in [-0.25, -0.2) is 4.90 Å². The quantitative estimate of drug-likeness (QED) is 0.0981. The predicted molar refractivity (Wildman–Crippen MR) is 152 cm³/mol. The molecule has 3 aromatic rings. The first-order valence-electron chi connectivity index (χ1n) is 13.3. The molecular formula is C32H26N2O8. The Balaban J connectivity index is 1.43. The van der Waals surface area contributed by atoms with Gasteiger partial charge in [-0.3, -0.25) is 24.5 Å². The Morgan fingerprint density at radius 1 is 0.810 bits per heavy atom. The van der Waals surface area contributed by atoms with E-state index in [2.05, 4.69) is 0 Å². The summed E-state index contributed by atoms with van der Waals surface area (Å²) in [5.74, 6) is -2.38. The highest BCUT2D eigenvalue weighted by molar-refractivity contribution is 6.23. The number of allylic oxidation sites excluding steroid dienone is 3. The van der Waals surface area contributed by atoms with E-state index < -0.39 is 40.2 Å². The molecule has 1 aliphatic heterocycles. The molecule has 1 saturated heterocycles. The molecule has 3 aliphatic rings. The highest BCUT2D eigenvalue weighted by Gasteiger charge is 2.62. The number of anilines is 1. The van der Waals surface area contributed by atoms with Crippen LogP contribution in [0.1, 0.15) is 18.1 Å². The van der Waals surface area contributed by atoms with E-state index in [-0.39, 0.29) is 23.3 Å². The number of carbonyl (C=O) groups is 3. The maximum Gasteiger partial charge on any atom is 0.313 e. The topological polar surface area (TPSA) is 125 Å². The zero-order valence-corrected chi connectivity index (χ0v) is 23.0. The zero-order valence-electron chi connectivity index (χ0n) is 23.0. The van der Waals surface area contributed by atoms with E-state index in [4.69, 9.17) is 14.2 Å². The molecule has 2 amide bonds. The van der Waals surface area contributed by atoms with Crippen LogP contribution in [0.5, 0.6) is 17.2 Å². The summed E-state index contributed by atoms with van der Waals surface area (Å²) < 4.78 is 15.7. The van der Waals surface area contributed by atoms with E-state index in [1.54, 1.807) is 14.2 Å². The molecule has 10 heteroatoms. The number of nitrogens with zero attached hydrogens (tertiary/aromatic N) is 2. The van der Waals surface area contributed by atoms with Crippen molar-refractivity contribution in [3.63, 3.8) is 0 Å². The van der Waals surface area contributed by atoms with E-state index in [0.717, 1.165) is 40.2 Å². The number of esters is 1. The largest absolute Gasteiger partial charge is 0.497 e. The molecule has 2 fully saturated rings. The minimum atomic E-state index is -0.722. The molecule has 0 aromatic heterocycles. The van der Waals surface area contributed by atoms with Gasteiger partial charge in [-0.2, -0.15) is 0 Å². The van der Waals surface area contributed by atoms with Crippen molar-refractivity contribution in [2.45, 2.75) is 6.92 Å². The maximum absolute atomic E-state index is 13.9. The summed E-state index contributed by atoms with van der Waals surface area (Å²) in [6.07, 6.45) is 3.96. The first-order chi connectivity index (χ1) is 20.2. The number of nitro benzene ring substituents is 1. The van der Waals surface area contributed by atoms with Crippen molar-refractivity contribution in [1.82, 2.24) is 0 Å². The lowest BCUT2D eigenvalue weighted by Gasteiger charge is -2.22. The molecule has 0 radical (unpaired) electrons. The summed E-state index contributed by atoms with van der Waals surface area (Å²) in [6, 6.07) is 19.0. The van der Waals surface area contributed by atoms with Crippen LogP contribution in [0, 0.1) is 33.8 Å². The number of carbonyl (C=O) groups excluding carboxylic acids is 3. The number of imide groups is 1. The van der Waals surface area contributed by atoms with Crippen molar-refractivity contribution < 1.29 is 33.5 Å². The molecule has 10 nitrogen and oxygen atoms in total. The van der Waals surface area contributed by atoms with Crippen molar-refractivity contribution in [2.24, 2.45) is 23.7 Å². The van der Waals surface area contributed by atoms with Crippen LogP contribution in [0.15, 0.2) is 84.5 Å². The Morgan fingerprint density at radius 3 is 1.74 bits per heavy atom. The van der Waals surface area contributed by atoms with Gasteiger partial charge in [0, 0.05) is 24.8 Å². The second-order valence-electron chi connectivity index (χ2n) is 10.3. The van der Waals surface area contributed by atoms with Crippen LogP contribution < -0.4 is 19.1 Å². The average molecular weight is 567 g/mol. The summed E-state index contributed by atoms with van der Waals surface area (Å²) >= 11 is 0. The van der Waals surface area contributed by atoms with Gasteiger partial charge in [0.15, 0.2) is 0 Å². The monoisotopic (exact) mass is 566 g/mol. The average Bonchev–Trinajstić information content (AvgIpc) is 3.62. The van der Waals surface area contributed by atoms with Gasteiger partial charge >= 0.3 is 11.7 Å². The van der Waals surface area contributed by atoms with Gasteiger partial charge in [0.05, 0.1) is 36.7 Å². The normalized spacial score (nSPS) is 21.9. The number of hydrogen-bond acceptors (Lipinski definition) is 8. The number of ether oxygens (including phenoxy) is 3. The second kappa shape index (κ2) is 10.3. The van der Waals surface area contributed by atoms with Gasteiger partial charge in [0.2, 0.25) is 17.6 Å². The fourth-order valence-corrected chi connectivity index (χ4v) is 6.40. The third-order valence-electron chi connectivity index (χ3n) is 8.11. The maximum atomic E-state index is 13.9. The molecule has 1 heterocycles. The lowest BCUT2D eigenvalue weighted by Crippen LogP contribution is -2.33. The molecule has 1 saturated carbocycles. The molecule has 0 spiro atoms. The van der Waals surface area contributed by atoms with Gasteiger partial charge in [-0.05, 0) is 58.7 Å². The van der Waals surface area contributed by atoms with Crippen molar-refractivity contribution in [1.29, 1.82) is 0 Å². The zero-order chi connectivity index (χ0) is 29.7. The Bertz CT molecular complexity index is 1610. The first kappa shape index (κ1) is 26.9. The fourth-order valence-electron chi connectivity index (χ4n) is 6.40. The Labute approximate surface area is 240 Å². The summed E-state index contributed by atoms with van der Waals surface area (Å²) in [6.45, 7) is 1.13. The summed E-state index contributed by atoms with van der Waals surface area (Å²) in [5.41, 5.74) is 3.31. The third-order valence-corrected chi connectivity index (χ3v) is 8.11. The van der Waals surface area contributed by atoms with Crippen LogP contribution in [0.25, 0.3) is 5.57 Å². The number of nitro groups is 1. The van der Waals surface area contributed by atoms with Crippen LogP contribution in [0.3, 0.4) is 0 Å². The highest BCUT2D eigenvalue weighted by Crippen LogP contribution is 2.59. The van der Waals surface area contributed by atoms with Crippen molar-refractivity contribution >= 4 is 34.7 Å². The molecule has 2 aliphatic carbocycles. The van der Waals surface area contributed by atoms with E-state index in [1.165, 1.54) is 12.1 Å². The number of fused-ring (bicyclic) bond motifs is 5. The smallest absolute Gasteiger partial charge is 0.313 e. The molecule has 0 unspecified atom stereocenters. The molecule has 4 atom stereocenters. The Kier molecular flexibility index (Phi) is 6.61. The molecule has 2 bridgehead atoms. The van der Waals surface area contributed by atoms with Gasteiger partial charge in [-0.15, -0.1) is 0 Å². The molecule has 0 N–H and O–H groups in total. The number of rotatable bonds is 7. The van der Waals surface area contributed by atoms with E-state index in [1.807, 2.05) is 60.7 Å². The molecule has 212 valence electrons. The van der Waals surface area contributed by atoms with Crippen molar-refractivity contribution in [3.8, 4) is 17.2 Å². The Morgan fingerprint density at radius 2 is 1.31 bits per heavy atom. The lowest BCUT2D eigenvalue weighted by atomic mass is 9.85. The number of amides is 2. The van der Waals surface area contributed by atoms with Gasteiger partial charge in [-0.1, -0.05) is 36.4 Å². The van der Waals surface area contributed by atoms with Gasteiger partial charge < -0.3 is 14.2 Å². The van der Waals surface area contributed by atoms with Crippen molar-refractivity contribution in [2.75, 3.05) is 19.1 Å². The molecular weight excluding hydrogens is 540 g/mol. The van der Waals surface area contributed by atoms with Crippen LogP contribution in [-0.4, -0.2) is 36.9 Å². The minimum Gasteiger partial charge on any atom is -0.497 e. The summed E-state index contributed by atoms with van der Waals surface area (Å²) in [7, 11) is 3.20. The number of benzene rings is 3. The number of hydrogen-bond donors (Lipinski definition) is 0. The number of methoxy groups -OCH3 is 2. The van der Waals surface area contributed by atoms with E-state index in [0.29, 0.717) is 11.5 Å². The Hall–Kier alpha value is -5.25. The first-order valence-corrected chi connectivity index (χ1v) is 13.3. The van der Waals surface area contributed by atoms with Crippen LogP contribution in [0.4, 0.5) is 11.4 Å².